The number of nitrogens with zero attached hydrogens (tertiary/aromatic N) is 1. The molecule has 23 heavy (non-hydrogen) atoms. The van der Waals surface area contributed by atoms with Gasteiger partial charge in [-0.05, 0) is 30.3 Å². The lowest BCUT2D eigenvalue weighted by Gasteiger charge is -2.15. The summed E-state index contributed by atoms with van der Waals surface area (Å²) in [5.74, 6) is -0.338. The minimum absolute atomic E-state index is 0.0230. The Hall–Kier alpha value is -1.93. The van der Waals surface area contributed by atoms with Crippen LogP contribution in [0.25, 0.3) is 0 Å². The summed E-state index contributed by atoms with van der Waals surface area (Å²) < 4.78 is 30.4. The van der Waals surface area contributed by atoms with E-state index < -0.39 is 16.0 Å². The molecular weight excluding hydrogens is 342 g/mol. The highest BCUT2D eigenvalue weighted by atomic mass is 35.5. The average Bonchev–Trinajstić information content (AvgIpc) is 2.55. The predicted molar refractivity (Wildman–Crippen MR) is 84.8 cm³/mol. The van der Waals surface area contributed by atoms with Gasteiger partial charge in [0.05, 0.1) is 17.7 Å². The quantitative estimate of drug-likeness (QED) is 0.468. The second kappa shape index (κ2) is 7.10. The Morgan fingerprint density at radius 3 is 2.39 bits per heavy atom. The van der Waals surface area contributed by atoms with Crippen molar-refractivity contribution >= 4 is 27.6 Å². The number of benzene rings is 2. The number of rotatable bonds is 5. The molecule has 0 unspecified atom stereocenters. The van der Waals surface area contributed by atoms with Crippen LogP contribution in [0.2, 0.25) is 5.02 Å². The summed E-state index contributed by atoms with van der Waals surface area (Å²) in [6, 6.07) is 12.3. The summed E-state index contributed by atoms with van der Waals surface area (Å²) >= 11 is 5.93. The minimum Gasteiger partial charge on any atom is -0.423 e. The van der Waals surface area contributed by atoms with Gasteiger partial charge in [0.15, 0.2) is 0 Å². The highest BCUT2D eigenvalue weighted by Gasteiger charge is 2.25. The van der Waals surface area contributed by atoms with E-state index in [1.54, 1.807) is 30.3 Å². The molecule has 2 aromatic carbocycles. The predicted octanol–water partition coefficient (Wildman–Crippen LogP) is 2.74. The van der Waals surface area contributed by atoms with Crippen LogP contribution in [-0.4, -0.2) is 33.0 Å². The molecule has 0 radical (unpaired) electrons. The van der Waals surface area contributed by atoms with E-state index >= 15 is 0 Å². The Bertz CT molecular complexity index is 808. The van der Waals surface area contributed by atoms with Crippen molar-refractivity contribution in [1.82, 2.24) is 4.47 Å². The summed E-state index contributed by atoms with van der Waals surface area (Å²) in [7, 11) is -1.55. The van der Waals surface area contributed by atoms with Crippen LogP contribution in [0.5, 0.6) is 5.75 Å². The van der Waals surface area contributed by atoms with Crippen molar-refractivity contribution in [1.29, 1.82) is 0 Å². The van der Waals surface area contributed by atoms with Crippen molar-refractivity contribution in [2.45, 2.75) is 4.90 Å². The van der Waals surface area contributed by atoms with Crippen molar-refractivity contribution in [3.63, 3.8) is 0 Å². The first-order valence-corrected chi connectivity index (χ1v) is 8.28. The number of carbonyl (C=O) groups excluding carboxylic acids is 1. The Kier molecular flexibility index (Phi) is 5.38. The van der Waals surface area contributed by atoms with Gasteiger partial charge in [-0.1, -0.05) is 34.3 Å². The van der Waals surface area contributed by atoms with E-state index in [-0.39, 0.29) is 15.5 Å². The first-order chi connectivity index (χ1) is 10.9. The lowest BCUT2D eigenvalue weighted by atomic mass is 10.2. The Morgan fingerprint density at radius 1 is 1.13 bits per heavy atom. The van der Waals surface area contributed by atoms with Crippen LogP contribution in [0, 0.1) is 0 Å². The monoisotopic (exact) mass is 355 g/mol. The van der Waals surface area contributed by atoms with Crippen LogP contribution in [-0.2, 0) is 14.9 Å². The number of carbonyl (C=O) groups is 1. The Balaban J connectivity index is 2.35. The molecule has 0 aliphatic rings. The maximum atomic E-state index is 12.3. The third-order valence-corrected chi connectivity index (χ3v) is 5.16. The van der Waals surface area contributed by atoms with Crippen molar-refractivity contribution in [2.24, 2.45) is 0 Å². The lowest BCUT2D eigenvalue weighted by molar-refractivity contribution is -0.0258. The molecule has 0 aliphatic heterocycles. The number of para-hydroxylation sites is 1. The first-order valence-electron chi connectivity index (χ1n) is 6.46. The molecule has 0 aliphatic carbocycles. The van der Waals surface area contributed by atoms with Crippen molar-refractivity contribution in [3.8, 4) is 5.75 Å². The molecule has 0 heterocycles. The Labute approximate surface area is 139 Å². The summed E-state index contributed by atoms with van der Waals surface area (Å²) in [6.07, 6.45) is 0. The maximum absolute atomic E-state index is 12.3. The van der Waals surface area contributed by atoms with E-state index in [9.17, 15) is 13.2 Å². The van der Waals surface area contributed by atoms with E-state index in [2.05, 4.69) is 0 Å². The number of halogens is 1. The number of sulfonamides is 1. The van der Waals surface area contributed by atoms with Crippen LogP contribution in [0.1, 0.15) is 10.4 Å². The van der Waals surface area contributed by atoms with Gasteiger partial charge < -0.3 is 4.74 Å². The smallest absolute Gasteiger partial charge is 0.343 e. The van der Waals surface area contributed by atoms with Gasteiger partial charge in [-0.25, -0.2) is 13.2 Å². The van der Waals surface area contributed by atoms with E-state index in [4.69, 9.17) is 21.2 Å². The summed E-state index contributed by atoms with van der Waals surface area (Å²) in [4.78, 5) is 16.6. The molecule has 2 aromatic rings. The molecule has 122 valence electrons. The number of hydrogen-bond acceptors (Lipinski definition) is 5. The number of hydrogen-bond donors (Lipinski definition) is 0. The summed E-state index contributed by atoms with van der Waals surface area (Å²) in [5, 5.41) is -0.0230. The highest BCUT2D eigenvalue weighted by molar-refractivity contribution is 7.89. The zero-order valence-electron chi connectivity index (χ0n) is 12.4. The molecule has 0 saturated carbocycles. The van der Waals surface area contributed by atoms with Gasteiger partial charge in [0.1, 0.15) is 10.6 Å². The SMILES string of the molecule is CON(C)S(=O)(=O)c1cc(C(=O)Oc2ccccc2)ccc1Cl. The fourth-order valence-corrected chi connectivity index (χ4v) is 3.19. The maximum Gasteiger partial charge on any atom is 0.343 e. The molecule has 0 atom stereocenters. The molecule has 0 amide bonds. The van der Waals surface area contributed by atoms with Crippen molar-refractivity contribution in [3.05, 3.63) is 59.1 Å². The lowest BCUT2D eigenvalue weighted by Crippen LogP contribution is -2.26. The van der Waals surface area contributed by atoms with E-state index in [1.807, 2.05) is 0 Å². The van der Waals surface area contributed by atoms with Gasteiger partial charge in [0, 0.05) is 7.05 Å². The number of hydroxylamine groups is 1. The molecule has 6 nitrogen and oxygen atoms in total. The molecule has 8 heteroatoms. The number of ether oxygens (including phenoxy) is 1. The van der Waals surface area contributed by atoms with Crippen molar-refractivity contribution in [2.75, 3.05) is 14.2 Å². The van der Waals surface area contributed by atoms with Crippen molar-refractivity contribution < 1.29 is 22.8 Å². The summed E-state index contributed by atoms with van der Waals surface area (Å²) in [5.41, 5.74) is 0.0568. The molecule has 0 fully saturated rings. The van der Waals surface area contributed by atoms with Crippen LogP contribution in [0.3, 0.4) is 0 Å². The molecule has 0 saturated heterocycles. The van der Waals surface area contributed by atoms with Gasteiger partial charge in [-0.15, -0.1) is 0 Å². The first kappa shape index (κ1) is 17.4. The van der Waals surface area contributed by atoms with Gasteiger partial charge in [0.2, 0.25) is 0 Å². The second-order valence-corrected chi connectivity index (χ2v) is 6.76. The normalized spacial score (nSPS) is 11.5. The average molecular weight is 356 g/mol. The topological polar surface area (TPSA) is 72.9 Å². The van der Waals surface area contributed by atoms with Gasteiger partial charge in [-0.2, -0.15) is 0 Å². The number of esters is 1. The third kappa shape index (κ3) is 3.89. The third-order valence-electron chi connectivity index (χ3n) is 2.99. The minimum atomic E-state index is -3.98. The van der Waals surface area contributed by atoms with Gasteiger partial charge >= 0.3 is 5.97 Å². The molecule has 0 spiro atoms. The Morgan fingerprint density at radius 2 is 1.78 bits per heavy atom. The van der Waals surface area contributed by atoms with Crippen LogP contribution >= 0.6 is 11.6 Å². The van der Waals surface area contributed by atoms with E-state index in [0.29, 0.717) is 10.2 Å². The van der Waals surface area contributed by atoms with E-state index in [1.165, 1.54) is 26.3 Å². The zero-order chi connectivity index (χ0) is 17.0. The molecular formula is C15H14ClNO5S. The zero-order valence-corrected chi connectivity index (χ0v) is 14.0. The van der Waals surface area contributed by atoms with Crippen LogP contribution in [0.15, 0.2) is 53.4 Å². The standard InChI is InChI=1S/C15H14ClNO5S/c1-17(21-2)23(19,20)14-10-11(8-9-13(14)16)15(18)22-12-6-4-3-5-7-12/h3-10H,1-2H3. The fraction of sp³-hybridized carbons (Fsp3) is 0.133. The van der Waals surface area contributed by atoms with Crippen LogP contribution < -0.4 is 4.74 Å². The molecule has 0 bridgehead atoms. The molecule has 0 N–H and O–H groups in total. The van der Waals surface area contributed by atoms with Crippen LogP contribution in [0.4, 0.5) is 0 Å². The molecule has 0 aromatic heterocycles. The van der Waals surface area contributed by atoms with E-state index in [0.717, 1.165) is 6.07 Å². The van der Waals surface area contributed by atoms with Gasteiger partial charge in [-0.3, -0.25) is 4.84 Å². The molecule has 2 rings (SSSR count). The van der Waals surface area contributed by atoms with Gasteiger partial charge in [0.25, 0.3) is 10.0 Å². The highest BCUT2D eigenvalue weighted by Crippen LogP contribution is 2.26. The summed E-state index contributed by atoms with van der Waals surface area (Å²) in [6.45, 7) is 0. The second-order valence-electron chi connectivity index (χ2n) is 4.45. The fourth-order valence-electron chi connectivity index (χ4n) is 1.72. The largest absolute Gasteiger partial charge is 0.423 e.